The van der Waals surface area contributed by atoms with Gasteiger partial charge in [-0.1, -0.05) is 51.8 Å². The summed E-state index contributed by atoms with van der Waals surface area (Å²) in [6, 6.07) is 0. The topological polar surface area (TPSA) is 0 Å². The van der Waals surface area contributed by atoms with Crippen molar-refractivity contribution < 1.29 is 0 Å². The quantitative estimate of drug-likeness (QED) is 0.664. The van der Waals surface area contributed by atoms with E-state index in [9.17, 15) is 0 Å². The molecule has 0 rings (SSSR count). The van der Waals surface area contributed by atoms with E-state index in [1.165, 1.54) is 6.42 Å². The summed E-state index contributed by atoms with van der Waals surface area (Å²) >= 11 is 6.76. The molecule has 0 aliphatic carbocycles. The second-order valence-corrected chi connectivity index (χ2v) is 3.83. The molecule has 0 spiro atoms. The number of allylic oxidation sites excluding steroid dienone is 1. The Morgan fingerprint density at radius 3 is 2.38 bits per heavy atom. The third kappa shape index (κ3) is 3.67. The predicted octanol–water partition coefficient (Wildman–Crippen LogP) is 3.46. The standard InChI is InChI=1S/C6H10Br2/c1-3-4-6(8)5(2)7/h6H,2-4H2,1H3. The van der Waals surface area contributed by atoms with E-state index in [0.717, 1.165) is 10.9 Å². The van der Waals surface area contributed by atoms with Crippen molar-refractivity contribution in [1.29, 1.82) is 0 Å². The lowest BCUT2D eigenvalue weighted by molar-refractivity contribution is 0.833. The Bertz CT molecular complexity index is 78.6. The summed E-state index contributed by atoms with van der Waals surface area (Å²) in [6.07, 6.45) is 2.35. The Hall–Kier alpha value is 0.700. The molecule has 0 aliphatic heterocycles. The molecule has 0 aromatic rings. The summed E-state index contributed by atoms with van der Waals surface area (Å²) in [5, 5.41) is 0. The van der Waals surface area contributed by atoms with Crippen molar-refractivity contribution in [1.82, 2.24) is 0 Å². The molecule has 0 nitrogen and oxygen atoms in total. The molecule has 0 N–H and O–H groups in total. The normalized spacial score (nSPS) is 13.4. The first-order valence-electron chi connectivity index (χ1n) is 2.66. The zero-order valence-electron chi connectivity index (χ0n) is 4.95. The molecule has 0 heterocycles. The monoisotopic (exact) mass is 240 g/mol. The highest BCUT2D eigenvalue weighted by Gasteiger charge is 2.01. The molecule has 1 atom stereocenters. The maximum Gasteiger partial charge on any atom is 0.0455 e. The minimum absolute atomic E-state index is 0.451. The van der Waals surface area contributed by atoms with Crippen LogP contribution in [-0.4, -0.2) is 4.83 Å². The number of alkyl halides is 1. The molecule has 0 saturated heterocycles. The van der Waals surface area contributed by atoms with Gasteiger partial charge in [0.15, 0.2) is 0 Å². The molecule has 0 aromatic carbocycles. The average molecular weight is 242 g/mol. The number of hydrogen-bond acceptors (Lipinski definition) is 0. The van der Waals surface area contributed by atoms with Crippen molar-refractivity contribution in [2.75, 3.05) is 0 Å². The van der Waals surface area contributed by atoms with E-state index in [-0.39, 0.29) is 0 Å². The summed E-state index contributed by atoms with van der Waals surface area (Å²) in [4.78, 5) is 0.451. The lowest BCUT2D eigenvalue weighted by atomic mass is 10.2. The van der Waals surface area contributed by atoms with Crippen molar-refractivity contribution in [3.63, 3.8) is 0 Å². The van der Waals surface area contributed by atoms with Gasteiger partial charge in [0, 0.05) is 9.31 Å². The first-order valence-corrected chi connectivity index (χ1v) is 4.37. The molecule has 0 amide bonds. The van der Waals surface area contributed by atoms with Crippen LogP contribution in [0.15, 0.2) is 11.1 Å². The SMILES string of the molecule is C=C(Br)C(Br)CCC. The fraction of sp³-hybridized carbons (Fsp3) is 0.667. The van der Waals surface area contributed by atoms with Gasteiger partial charge in [-0.25, -0.2) is 0 Å². The molecule has 8 heavy (non-hydrogen) atoms. The molecule has 0 saturated carbocycles. The summed E-state index contributed by atoms with van der Waals surface area (Å²) in [5.74, 6) is 0. The summed E-state index contributed by atoms with van der Waals surface area (Å²) < 4.78 is 1.04. The molecule has 0 radical (unpaired) electrons. The van der Waals surface area contributed by atoms with Crippen molar-refractivity contribution in [2.24, 2.45) is 0 Å². The third-order valence-electron chi connectivity index (χ3n) is 0.882. The van der Waals surface area contributed by atoms with E-state index in [4.69, 9.17) is 0 Å². The van der Waals surface area contributed by atoms with Gasteiger partial charge in [0.2, 0.25) is 0 Å². The van der Waals surface area contributed by atoms with Crippen LogP contribution in [0.1, 0.15) is 19.8 Å². The zero-order chi connectivity index (χ0) is 6.57. The maximum atomic E-state index is 3.74. The van der Waals surface area contributed by atoms with Crippen LogP contribution in [0.3, 0.4) is 0 Å². The Labute approximate surface area is 67.6 Å². The average Bonchev–Trinajstić information content (AvgIpc) is 1.67. The van der Waals surface area contributed by atoms with Crippen LogP contribution in [0.5, 0.6) is 0 Å². The largest absolute Gasteiger partial charge is 0.0877 e. The van der Waals surface area contributed by atoms with Crippen LogP contribution in [-0.2, 0) is 0 Å². The van der Waals surface area contributed by atoms with Crippen LogP contribution < -0.4 is 0 Å². The second-order valence-electron chi connectivity index (χ2n) is 1.70. The highest BCUT2D eigenvalue weighted by atomic mass is 79.9. The van der Waals surface area contributed by atoms with E-state index in [0.29, 0.717) is 4.83 Å². The van der Waals surface area contributed by atoms with Gasteiger partial charge in [-0.2, -0.15) is 0 Å². The first-order chi connectivity index (χ1) is 3.68. The van der Waals surface area contributed by atoms with Crippen LogP contribution in [0.2, 0.25) is 0 Å². The maximum absolute atomic E-state index is 3.74. The van der Waals surface area contributed by atoms with Gasteiger partial charge in [-0.05, 0) is 6.42 Å². The van der Waals surface area contributed by atoms with Crippen LogP contribution in [0.4, 0.5) is 0 Å². The predicted molar refractivity (Wildman–Crippen MR) is 45.7 cm³/mol. The zero-order valence-corrected chi connectivity index (χ0v) is 8.13. The molecular weight excluding hydrogens is 232 g/mol. The van der Waals surface area contributed by atoms with Crippen molar-refractivity contribution in [3.05, 3.63) is 11.1 Å². The van der Waals surface area contributed by atoms with Gasteiger partial charge in [-0.15, -0.1) is 0 Å². The van der Waals surface area contributed by atoms with Crippen LogP contribution >= 0.6 is 31.9 Å². The van der Waals surface area contributed by atoms with E-state index < -0.39 is 0 Å². The molecule has 0 fully saturated rings. The van der Waals surface area contributed by atoms with E-state index in [1.807, 2.05) is 0 Å². The molecule has 2 heteroatoms. The third-order valence-corrected chi connectivity index (χ3v) is 3.06. The Kier molecular flexibility index (Phi) is 4.97. The van der Waals surface area contributed by atoms with Gasteiger partial charge in [0.1, 0.15) is 0 Å². The number of hydrogen-bond donors (Lipinski definition) is 0. The number of rotatable bonds is 3. The first kappa shape index (κ1) is 8.70. The van der Waals surface area contributed by atoms with Gasteiger partial charge < -0.3 is 0 Å². The second kappa shape index (κ2) is 4.57. The molecule has 0 bridgehead atoms. The van der Waals surface area contributed by atoms with Crippen molar-refractivity contribution in [2.45, 2.75) is 24.6 Å². The fourth-order valence-corrected chi connectivity index (χ4v) is 1.10. The van der Waals surface area contributed by atoms with Gasteiger partial charge >= 0.3 is 0 Å². The van der Waals surface area contributed by atoms with Gasteiger partial charge in [-0.3, -0.25) is 0 Å². The highest BCUT2D eigenvalue weighted by molar-refractivity contribution is 9.14. The molecule has 48 valence electrons. The highest BCUT2D eigenvalue weighted by Crippen LogP contribution is 2.20. The Morgan fingerprint density at radius 1 is 1.75 bits per heavy atom. The van der Waals surface area contributed by atoms with Crippen LogP contribution in [0, 0.1) is 0 Å². The van der Waals surface area contributed by atoms with E-state index in [2.05, 4.69) is 45.4 Å². The Morgan fingerprint density at radius 2 is 2.25 bits per heavy atom. The van der Waals surface area contributed by atoms with Crippen molar-refractivity contribution >= 4 is 31.9 Å². The minimum Gasteiger partial charge on any atom is -0.0877 e. The lowest BCUT2D eigenvalue weighted by Crippen LogP contribution is -1.93. The summed E-state index contributed by atoms with van der Waals surface area (Å²) in [7, 11) is 0. The smallest absolute Gasteiger partial charge is 0.0455 e. The van der Waals surface area contributed by atoms with Gasteiger partial charge in [0.25, 0.3) is 0 Å². The fourth-order valence-electron chi connectivity index (χ4n) is 0.410. The number of halogens is 2. The summed E-state index contributed by atoms with van der Waals surface area (Å²) in [6.45, 7) is 5.90. The summed E-state index contributed by atoms with van der Waals surface area (Å²) in [5.41, 5.74) is 0. The minimum atomic E-state index is 0.451. The molecule has 1 unspecified atom stereocenters. The van der Waals surface area contributed by atoms with Crippen molar-refractivity contribution in [3.8, 4) is 0 Å². The lowest BCUT2D eigenvalue weighted by Gasteiger charge is -2.03. The molecular formula is C6H10Br2. The van der Waals surface area contributed by atoms with E-state index >= 15 is 0 Å². The van der Waals surface area contributed by atoms with Crippen LogP contribution in [0.25, 0.3) is 0 Å². The molecule has 0 aliphatic rings. The van der Waals surface area contributed by atoms with Gasteiger partial charge in [0.05, 0.1) is 0 Å². The molecule has 0 aromatic heterocycles. The van der Waals surface area contributed by atoms with E-state index in [1.54, 1.807) is 0 Å². The Balaban J connectivity index is 3.32.